The minimum Gasteiger partial charge on any atom is -0.462 e. The first-order valence-electron chi connectivity index (χ1n) is 5.51. The maximum absolute atomic E-state index is 11.7. The van der Waals surface area contributed by atoms with Gasteiger partial charge in [0.1, 0.15) is 4.88 Å². The molecule has 0 aliphatic carbocycles. The molecule has 20 heavy (non-hydrogen) atoms. The van der Waals surface area contributed by atoms with E-state index in [1.165, 1.54) is 18.2 Å². The van der Waals surface area contributed by atoms with Crippen LogP contribution in [0, 0.1) is 10.1 Å². The molecule has 0 radical (unpaired) electrons. The van der Waals surface area contributed by atoms with Crippen LogP contribution in [0.25, 0.3) is 20.5 Å². The predicted octanol–water partition coefficient (Wildman–Crippen LogP) is 3.93. The highest BCUT2D eigenvalue weighted by Gasteiger charge is 2.17. The molecule has 2 rings (SSSR count). The van der Waals surface area contributed by atoms with E-state index in [9.17, 15) is 14.9 Å². The SMILES string of the molecule is CCOC(=O)c1cc2c(N=[N+]=[N-])cc([N+](=O)[O-])cc2s1. The maximum atomic E-state index is 11.7. The van der Waals surface area contributed by atoms with Crippen molar-refractivity contribution in [3.05, 3.63) is 43.6 Å². The Labute approximate surface area is 116 Å². The third kappa shape index (κ3) is 2.53. The summed E-state index contributed by atoms with van der Waals surface area (Å²) in [7, 11) is 0. The van der Waals surface area contributed by atoms with Crippen LogP contribution in [0.1, 0.15) is 16.6 Å². The fourth-order valence-electron chi connectivity index (χ4n) is 1.65. The van der Waals surface area contributed by atoms with Gasteiger partial charge in [-0.25, -0.2) is 4.79 Å². The minimum absolute atomic E-state index is 0.114. The summed E-state index contributed by atoms with van der Waals surface area (Å²) in [5, 5.41) is 14.7. The molecule has 1 heterocycles. The molecule has 8 nitrogen and oxygen atoms in total. The number of ether oxygens (including phenoxy) is 1. The number of hydrogen-bond donors (Lipinski definition) is 0. The van der Waals surface area contributed by atoms with Crippen LogP contribution in [0.2, 0.25) is 0 Å². The lowest BCUT2D eigenvalue weighted by molar-refractivity contribution is -0.384. The molecule has 0 fully saturated rings. The van der Waals surface area contributed by atoms with Crippen molar-refractivity contribution in [3.63, 3.8) is 0 Å². The molecule has 0 aliphatic rings. The number of benzene rings is 1. The number of thiophene rings is 1. The Morgan fingerprint density at radius 1 is 1.55 bits per heavy atom. The summed E-state index contributed by atoms with van der Waals surface area (Å²) < 4.78 is 5.36. The third-order valence-electron chi connectivity index (χ3n) is 2.44. The van der Waals surface area contributed by atoms with Crippen LogP contribution < -0.4 is 0 Å². The van der Waals surface area contributed by atoms with Gasteiger partial charge in [-0.2, -0.15) is 0 Å². The van der Waals surface area contributed by atoms with Crippen LogP contribution in [0.15, 0.2) is 23.3 Å². The van der Waals surface area contributed by atoms with Crippen LogP contribution in [0.4, 0.5) is 11.4 Å². The maximum Gasteiger partial charge on any atom is 0.348 e. The van der Waals surface area contributed by atoms with Gasteiger partial charge in [-0.05, 0) is 18.5 Å². The van der Waals surface area contributed by atoms with E-state index in [-0.39, 0.29) is 18.0 Å². The first-order valence-corrected chi connectivity index (χ1v) is 6.32. The topological polar surface area (TPSA) is 118 Å². The van der Waals surface area contributed by atoms with Gasteiger partial charge in [0.15, 0.2) is 0 Å². The number of nitrogens with zero attached hydrogens (tertiary/aromatic N) is 4. The quantitative estimate of drug-likeness (QED) is 0.212. The molecular weight excluding hydrogens is 284 g/mol. The Kier molecular flexibility index (Phi) is 3.83. The van der Waals surface area contributed by atoms with Gasteiger partial charge in [0, 0.05) is 27.1 Å². The van der Waals surface area contributed by atoms with Gasteiger partial charge < -0.3 is 4.74 Å². The van der Waals surface area contributed by atoms with Crippen LogP contribution >= 0.6 is 11.3 Å². The minimum atomic E-state index is -0.584. The third-order valence-corrected chi connectivity index (χ3v) is 3.50. The highest BCUT2D eigenvalue weighted by Crippen LogP contribution is 2.37. The van der Waals surface area contributed by atoms with Gasteiger partial charge in [0.2, 0.25) is 0 Å². The number of carbonyl (C=O) groups is 1. The Balaban J connectivity index is 2.65. The van der Waals surface area contributed by atoms with Gasteiger partial charge >= 0.3 is 5.97 Å². The van der Waals surface area contributed by atoms with E-state index in [1.807, 2.05) is 0 Å². The average molecular weight is 292 g/mol. The van der Waals surface area contributed by atoms with E-state index in [2.05, 4.69) is 10.0 Å². The number of hydrogen-bond acceptors (Lipinski definition) is 6. The van der Waals surface area contributed by atoms with E-state index >= 15 is 0 Å². The van der Waals surface area contributed by atoms with E-state index in [0.717, 1.165) is 11.3 Å². The normalized spacial score (nSPS) is 10.1. The van der Waals surface area contributed by atoms with Crippen molar-refractivity contribution in [2.24, 2.45) is 5.11 Å². The lowest BCUT2D eigenvalue weighted by Crippen LogP contribution is -2.01. The number of rotatable bonds is 4. The standard InChI is InChI=1S/C11H8N4O4S/c1-2-19-11(16)10-5-7-8(13-14-12)3-6(15(17)18)4-9(7)20-10/h3-5H,2H2,1H3. The zero-order chi connectivity index (χ0) is 14.7. The molecule has 0 N–H and O–H groups in total. The van der Waals surface area contributed by atoms with Crippen LogP contribution in [-0.4, -0.2) is 17.5 Å². The van der Waals surface area contributed by atoms with Crippen molar-refractivity contribution in [1.29, 1.82) is 0 Å². The van der Waals surface area contributed by atoms with E-state index in [4.69, 9.17) is 10.3 Å². The number of esters is 1. The summed E-state index contributed by atoms with van der Waals surface area (Å²) >= 11 is 1.05. The summed E-state index contributed by atoms with van der Waals surface area (Å²) in [5.41, 5.74) is 8.43. The number of azide groups is 1. The molecule has 102 valence electrons. The van der Waals surface area contributed by atoms with Crippen LogP contribution in [0.5, 0.6) is 0 Å². The predicted molar refractivity (Wildman–Crippen MR) is 73.2 cm³/mol. The van der Waals surface area contributed by atoms with Gasteiger partial charge in [-0.3, -0.25) is 10.1 Å². The molecule has 0 unspecified atom stereocenters. The molecule has 1 aromatic carbocycles. The number of nitro groups is 1. The highest BCUT2D eigenvalue weighted by molar-refractivity contribution is 7.20. The number of non-ortho nitro benzene ring substituents is 1. The number of fused-ring (bicyclic) bond motifs is 1. The smallest absolute Gasteiger partial charge is 0.348 e. The second-order valence-corrected chi connectivity index (χ2v) is 4.74. The van der Waals surface area contributed by atoms with Crippen LogP contribution in [-0.2, 0) is 4.74 Å². The molecule has 1 aromatic heterocycles. The van der Waals surface area contributed by atoms with Crippen molar-refractivity contribution < 1.29 is 14.5 Å². The van der Waals surface area contributed by atoms with Crippen molar-refractivity contribution >= 4 is 38.8 Å². The Morgan fingerprint density at radius 2 is 2.30 bits per heavy atom. The monoisotopic (exact) mass is 292 g/mol. The lowest BCUT2D eigenvalue weighted by atomic mass is 10.2. The summed E-state index contributed by atoms with van der Waals surface area (Å²) in [6.45, 7) is 1.91. The summed E-state index contributed by atoms with van der Waals surface area (Å²) in [6.07, 6.45) is 0. The molecule has 0 bridgehead atoms. The van der Waals surface area contributed by atoms with Gasteiger partial charge in [-0.1, -0.05) is 5.11 Å². The molecular formula is C11H8N4O4S. The number of carbonyl (C=O) groups excluding carboxylic acids is 1. The van der Waals surface area contributed by atoms with Gasteiger partial charge in [0.05, 0.1) is 17.2 Å². The summed E-state index contributed by atoms with van der Waals surface area (Å²) in [5.74, 6) is -0.511. The molecule has 2 aromatic rings. The van der Waals surface area contributed by atoms with E-state index < -0.39 is 10.9 Å². The second-order valence-electron chi connectivity index (χ2n) is 3.65. The zero-order valence-corrected chi connectivity index (χ0v) is 11.1. The largest absolute Gasteiger partial charge is 0.462 e. The fraction of sp³-hybridized carbons (Fsp3) is 0.182. The van der Waals surface area contributed by atoms with Crippen molar-refractivity contribution in [3.8, 4) is 0 Å². The average Bonchev–Trinajstić information content (AvgIpc) is 2.83. The first-order chi connectivity index (χ1) is 9.56. The molecule has 0 saturated carbocycles. The van der Waals surface area contributed by atoms with Gasteiger partial charge in [0.25, 0.3) is 5.69 Å². The number of nitro benzene ring substituents is 1. The highest BCUT2D eigenvalue weighted by atomic mass is 32.1. The molecule has 0 atom stereocenters. The summed E-state index contributed by atoms with van der Waals surface area (Å²) in [4.78, 5) is 24.8. The second kappa shape index (κ2) is 5.55. The first kappa shape index (κ1) is 13.8. The lowest BCUT2D eigenvalue weighted by Gasteiger charge is -1.96. The van der Waals surface area contributed by atoms with Crippen molar-refractivity contribution in [1.82, 2.24) is 0 Å². The Bertz CT molecular complexity index is 748. The van der Waals surface area contributed by atoms with Crippen molar-refractivity contribution in [2.75, 3.05) is 6.61 Å². The molecule has 0 aliphatic heterocycles. The molecule has 0 spiro atoms. The fourth-order valence-corrected chi connectivity index (χ4v) is 2.65. The van der Waals surface area contributed by atoms with E-state index in [0.29, 0.717) is 15.0 Å². The van der Waals surface area contributed by atoms with Crippen LogP contribution in [0.3, 0.4) is 0 Å². The van der Waals surface area contributed by atoms with Crippen molar-refractivity contribution in [2.45, 2.75) is 6.92 Å². The summed E-state index contributed by atoms with van der Waals surface area (Å²) in [6, 6.07) is 4.01. The van der Waals surface area contributed by atoms with E-state index in [1.54, 1.807) is 6.92 Å². The molecule has 0 saturated heterocycles. The van der Waals surface area contributed by atoms with Gasteiger partial charge in [-0.15, -0.1) is 11.3 Å². The molecule has 9 heteroatoms. The Morgan fingerprint density at radius 3 is 2.90 bits per heavy atom. The zero-order valence-electron chi connectivity index (χ0n) is 10.3. The molecule has 0 amide bonds. The Hall–Kier alpha value is -2.64.